The zero-order valence-electron chi connectivity index (χ0n) is 15.2. The molecule has 1 aromatic rings. The molecule has 138 valence electrons. The van der Waals surface area contributed by atoms with Crippen LogP contribution in [0.2, 0.25) is 0 Å². The molecule has 0 fully saturated rings. The highest BCUT2D eigenvalue weighted by Crippen LogP contribution is 2.24. The van der Waals surface area contributed by atoms with E-state index in [-0.39, 0.29) is 6.61 Å². The van der Waals surface area contributed by atoms with Crippen LogP contribution in [0.3, 0.4) is 0 Å². The lowest BCUT2D eigenvalue weighted by Crippen LogP contribution is -2.41. The molecule has 6 nitrogen and oxygen atoms in total. The quantitative estimate of drug-likeness (QED) is 0.534. The Balaban J connectivity index is 2.31. The molecule has 0 spiro atoms. The number of hydrogen-bond donors (Lipinski definition) is 2. The molecule has 0 atom stereocenters. The minimum atomic E-state index is -0.712. The maximum absolute atomic E-state index is 12.0. The fourth-order valence-electron chi connectivity index (χ4n) is 1.88. The van der Waals surface area contributed by atoms with Gasteiger partial charge in [0.2, 0.25) is 0 Å². The van der Waals surface area contributed by atoms with Crippen LogP contribution in [0.25, 0.3) is 0 Å². The molecule has 0 radical (unpaired) electrons. The Bertz CT molecular complexity index is 631. The van der Waals surface area contributed by atoms with Crippen LogP contribution in [0.4, 0.5) is 4.79 Å². The van der Waals surface area contributed by atoms with Crippen LogP contribution < -0.4 is 15.6 Å². The number of allylic oxidation sites excluding steroid dienone is 3. The third-order valence-corrected chi connectivity index (χ3v) is 4.05. The molecule has 0 saturated heterocycles. The predicted molar refractivity (Wildman–Crippen MR) is 99.9 cm³/mol. The molecular weight excluding hydrogens is 340 g/mol. The molecule has 2 amide bonds. The van der Waals surface area contributed by atoms with E-state index < -0.39 is 12.0 Å². The summed E-state index contributed by atoms with van der Waals surface area (Å²) < 4.78 is 10.3. The van der Waals surface area contributed by atoms with Crippen LogP contribution in [-0.4, -0.2) is 25.2 Å². The molecule has 1 heterocycles. The van der Waals surface area contributed by atoms with Gasteiger partial charge >= 0.3 is 6.09 Å². The van der Waals surface area contributed by atoms with Gasteiger partial charge in [0.1, 0.15) is 17.2 Å². The van der Waals surface area contributed by atoms with Gasteiger partial charge in [0, 0.05) is 0 Å². The van der Waals surface area contributed by atoms with Crippen molar-refractivity contribution in [2.24, 2.45) is 0 Å². The molecule has 25 heavy (non-hydrogen) atoms. The third kappa shape index (κ3) is 8.39. The van der Waals surface area contributed by atoms with E-state index in [9.17, 15) is 9.59 Å². The number of hydrogen-bond acceptors (Lipinski definition) is 5. The summed E-state index contributed by atoms with van der Waals surface area (Å²) in [7, 11) is 0. The first-order valence-corrected chi connectivity index (χ1v) is 9.04. The SMILES string of the molecule is CCOc1ccsc1C(=O)NNC(=O)OCC=C(C)CCC=C(C)C. The van der Waals surface area contributed by atoms with Crippen molar-refractivity contribution >= 4 is 23.3 Å². The van der Waals surface area contributed by atoms with E-state index in [0.717, 1.165) is 18.4 Å². The van der Waals surface area contributed by atoms with Gasteiger partial charge in [0.25, 0.3) is 5.91 Å². The molecule has 1 aromatic heterocycles. The summed E-state index contributed by atoms with van der Waals surface area (Å²) in [6, 6.07) is 1.71. The minimum Gasteiger partial charge on any atom is -0.492 e. The van der Waals surface area contributed by atoms with Gasteiger partial charge < -0.3 is 9.47 Å². The minimum absolute atomic E-state index is 0.158. The number of amides is 2. The third-order valence-electron chi connectivity index (χ3n) is 3.15. The summed E-state index contributed by atoms with van der Waals surface area (Å²) in [5.74, 6) is 0.0546. The van der Waals surface area contributed by atoms with Gasteiger partial charge in [-0.3, -0.25) is 10.2 Å². The summed E-state index contributed by atoms with van der Waals surface area (Å²) in [5.41, 5.74) is 6.97. The molecule has 0 aliphatic heterocycles. The zero-order chi connectivity index (χ0) is 18.7. The fraction of sp³-hybridized carbons (Fsp3) is 0.444. The maximum atomic E-state index is 12.0. The van der Waals surface area contributed by atoms with E-state index >= 15 is 0 Å². The molecule has 7 heteroatoms. The molecule has 0 aromatic carbocycles. The largest absolute Gasteiger partial charge is 0.492 e. The van der Waals surface area contributed by atoms with E-state index in [2.05, 4.69) is 30.8 Å². The van der Waals surface area contributed by atoms with Crippen molar-refractivity contribution in [2.45, 2.75) is 40.5 Å². The Morgan fingerprint density at radius 2 is 1.96 bits per heavy atom. The Hall–Kier alpha value is -2.28. The lowest BCUT2D eigenvalue weighted by molar-refractivity contribution is 0.0916. The molecule has 1 rings (SSSR count). The Morgan fingerprint density at radius 3 is 2.64 bits per heavy atom. The number of carbonyl (C=O) groups excluding carboxylic acids is 2. The Morgan fingerprint density at radius 1 is 1.20 bits per heavy atom. The van der Waals surface area contributed by atoms with Crippen LogP contribution in [0.15, 0.2) is 34.7 Å². The van der Waals surface area contributed by atoms with Crippen LogP contribution >= 0.6 is 11.3 Å². The summed E-state index contributed by atoms with van der Waals surface area (Å²) in [6.45, 7) is 8.58. The second-order valence-corrected chi connectivity index (χ2v) is 6.51. The number of rotatable bonds is 8. The Labute approximate surface area is 152 Å². The molecule has 0 bridgehead atoms. The van der Waals surface area contributed by atoms with Gasteiger partial charge in [0.15, 0.2) is 0 Å². The molecule has 0 saturated carbocycles. The first kappa shape index (κ1) is 20.8. The smallest absolute Gasteiger partial charge is 0.426 e. The van der Waals surface area contributed by atoms with Crippen LogP contribution in [0.1, 0.15) is 50.2 Å². The molecule has 0 aliphatic carbocycles. The van der Waals surface area contributed by atoms with Crippen molar-refractivity contribution in [1.29, 1.82) is 0 Å². The van der Waals surface area contributed by atoms with Crippen molar-refractivity contribution in [2.75, 3.05) is 13.2 Å². The van der Waals surface area contributed by atoms with Crippen molar-refractivity contribution in [3.63, 3.8) is 0 Å². The van der Waals surface area contributed by atoms with Crippen molar-refractivity contribution < 1.29 is 19.1 Å². The monoisotopic (exact) mass is 366 g/mol. The highest BCUT2D eigenvalue weighted by atomic mass is 32.1. The molecular formula is C18H26N2O4S. The number of ether oxygens (including phenoxy) is 2. The van der Waals surface area contributed by atoms with E-state index in [0.29, 0.717) is 17.2 Å². The summed E-state index contributed by atoms with van der Waals surface area (Å²) in [6.07, 6.45) is 5.20. The zero-order valence-corrected chi connectivity index (χ0v) is 16.0. The van der Waals surface area contributed by atoms with Crippen molar-refractivity contribution in [3.8, 4) is 5.75 Å². The maximum Gasteiger partial charge on any atom is 0.426 e. The average Bonchev–Trinajstić information content (AvgIpc) is 3.01. The van der Waals surface area contributed by atoms with E-state index in [4.69, 9.17) is 9.47 Å². The fourth-order valence-corrected chi connectivity index (χ4v) is 2.61. The normalized spacial score (nSPS) is 10.8. The first-order chi connectivity index (χ1) is 11.9. The van der Waals surface area contributed by atoms with Gasteiger partial charge in [-0.25, -0.2) is 10.2 Å². The predicted octanol–water partition coefficient (Wildman–Crippen LogP) is 4.21. The lowest BCUT2D eigenvalue weighted by Gasteiger charge is -2.08. The second-order valence-electron chi connectivity index (χ2n) is 5.60. The lowest BCUT2D eigenvalue weighted by atomic mass is 10.1. The summed E-state index contributed by atoms with van der Waals surface area (Å²) in [5, 5.41) is 1.75. The van der Waals surface area contributed by atoms with Crippen LogP contribution in [0.5, 0.6) is 5.75 Å². The summed E-state index contributed by atoms with van der Waals surface area (Å²) >= 11 is 1.24. The van der Waals surface area contributed by atoms with Gasteiger partial charge in [-0.05, 0) is 58.1 Å². The number of nitrogens with one attached hydrogen (secondary N) is 2. The average molecular weight is 366 g/mol. The van der Waals surface area contributed by atoms with Crippen molar-refractivity contribution in [1.82, 2.24) is 10.9 Å². The molecule has 0 aliphatic rings. The summed E-state index contributed by atoms with van der Waals surface area (Å²) in [4.78, 5) is 24.0. The topological polar surface area (TPSA) is 76.7 Å². The van der Waals surface area contributed by atoms with Crippen LogP contribution in [-0.2, 0) is 4.74 Å². The highest BCUT2D eigenvalue weighted by Gasteiger charge is 2.15. The first-order valence-electron chi connectivity index (χ1n) is 8.16. The van der Waals surface area contributed by atoms with Crippen LogP contribution in [0, 0.1) is 0 Å². The molecule has 2 N–H and O–H groups in total. The van der Waals surface area contributed by atoms with Gasteiger partial charge in [-0.2, -0.15) is 0 Å². The van der Waals surface area contributed by atoms with E-state index in [1.807, 2.05) is 19.9 Å². The second kappa shape index (κ2) is 11.3. The van der Waals surface area contributed by atoms with Gasteiger partial charge in [-0.15, -0.1) is 11.3 Å². The van der Waals surface area contributed by atoms with E-state index in [1.54, 1.807) is 11.4 Å². The van der Waals surface area contributed by atoms with Gasteiger partial charge in [-0.1, -0.05) is 17.2 Å². The van der Waals surface area contributed by atoms with Crippen molar-refractivity contribution in [3.05, 3.63) is 39.6 Å². The number of hydrazine groups is 1. The number of carbonyl (C=O) groups is 2. The Kier molecular flexibility index (Phi) is 9.39. The van der Waals surface area contributed by atoms with E-state index in [1.165, 1.54) is 16.9 Å². The number of thiophene rings is 1. The highest BCUT2D eigenvalue weighted by molar-refractivity contribution is 7.12. The molecule has 0 unspecified atom stereocenters. The standard InChI is InChI=1S/C18H26N2O4S/c1-5-23-15-10-12-25-16(15)17(21)19-20-18(22)24-11-9-14(4)8-6-7-13(2)3/h7,9-10,12H,5-6,8,11H2,1-4H3,(H,19,21)(H,20,22). The van der Waals surface area contributed by atoms with Gasteiger partial charge in [0.05, 0.1) is 6.61 Å².